The quantitative estimate of drug-likeness (QED) is 0.501. The standard InChI is InChI=1S/C6H13N3O2/c1-2-4(3-7)5(10)9-6(8)11/h4H,2-3,7H2,1H3,(H3,8,9,10,11). The lowest BCUT2D eigenvalue weighted by atomic mass is 10.1. The molecule has 1 atom stereocenters. The molecule has 0 spiro atoms. The van der Waals surface area contributed by atoms with E-state index < -0.39 is 11.9 Å². The van der Waals surface area contributed by atoms with Gasteiger partial charge < -0.3 is 11.5 Å². The first-order valence-electron chi connectivity index (χ1n) is 3.42. The Bertz CT molecular complexity index is 154. The summed E-state index contributed by atoms with van der Waals surface area (Å²) in [6, 6.07) is -0.832. The van der Waals surface area contributed by atoms with Gasteiger partial charge in [0.15, 0.2) is 0 Å². The van der Waals surface area contributed by atoms with Crippen molar-refractivity contribution < 1.29 is 9.59 Å². The van der Waals surface area contributed by atoms with Crippen LogP contribution in [0.3, 0.4) is 0 Å². The average molecular weight is 159 g/mol. The maximum atomic E-state index is 10.9. The molecule has 11 heavy (non-hydrogen) atoms. The highest BCUT2D eigenvalue weighted by Crippen LogP contribution is 1.98. The van der Waals surface area contributed by atoms with E-state index in [1.54, 1.807) is 0 Å². The van der Waals surface area contributed by atoms with Crippen molar-refractivity contribution in [2.24, 2.45) is 17.4 Å². The Hall–Kier alpha value is -1.10. The van der Waals surface area contributed by atoms with Gasteiger partial charge in [0, 0.05) is 6.54 Å². The van der Waals surface area contributed by atoms with Gasteiger partial charge in [0.1, 0.15) is 0 Å². The molecule has 0 saturated carbocycles. The van der Waals surface area contributed by atoms with Gasteiger partial charge >= 0.3 is 6.03 Å². The SMILES string of the molecule is CCC(CN)C(=O)NC(N)=O. The summed E-state index contributed by atoms with van der Waals surface area (Å²) in [4.78, 5) is 21.1. The predicted molar refractivity (Wildman–Crippen MR) is 40.6 cm³/mol. The summed E-state index contributed by atoms with van der Waals surface area (Å²) in [5.41, 5.74) is 9.98. The Morgan fingerprint density at radius 3 is 2.36 bits per heavy atom. The van der Waals surface area contributed by atoms with E-state index in [9.17, 15) is 9.59 Å². The molecule has 0 aliphatic carbocycles. The lowest BCUT2D eigenvalue weighted by Gasteiger charge is -2.09. The number of primary amides is 1. The van der Waals surface area contributed by atoms with Crippen molar-refractivity contribution in [2.75, 3.05) is 6.54 Å². The highest BCUT2D eigenvalue weighted by atomic mass is 16.2. The van der Waals surface area contributed by atoms with Crippen LogP contribution in [0.25, 0.3) is 0 Å². The number of imide groups is 1. The maximum Gasteiger partial charge on any atom is 0.318 e. The summed E-state index contributed by atoms with van der Waals surface area (Å²) in [5, 5.41) is 1.96. The van der Waals surface area contributed by atoms with Crippen LogP contribution in [0.1, 0.15) is 13.3 Å². The minimum absolute atomic E-state index is 0.232. The second-order valence-corrected chi connectivity index (χ2v) is 2.19. The zero-order valence-electron chi connectivity index (χ0n) is 6.46. The third-order valence-electron chi connectivity index (χ3n) is 1.39. The first-order chi connectivity index (χ1) is 5.11. The fourth-order valence-electron chi connectivity index (χ4n) is 0.683. The van der Waals surface area contributed by atoms with E-state index in [4.69, 9.17) is 11.5 Å². The van der Waals surface area contributed by atoms with Crippen molar-refractivity contribution in [2.45, 2.75) is 13.3 Å². The van der Waals surface area contributed by atoms with Gasteiger partial charge in [-0.3, -0.25) is 10.1 Å². The Kier molecular flexibility index (Phi) is 4.21. The molecule has 0 aromatic rings. The number of nitrogens with one attached hydrogen (secondary N) is 1. The Morgan fingerprint density at radius 2 is 2.09 bits per heavy atom. The van der Waals surface area contributed by atoms with Crippen molar-refractivity contribution in [3.05, 3.63) is 0 Å². The number of hydrogen-bond acceptors (Lipinski definition) is 3. The molecular formula is C6H13N3O2. The van der Waals surface area contributed by atoms with E-state index in [1.807, 2.05) is 12.2 Å². The van der Waals surface area contributed by atoms with Crippen LogP contribution in [-0.4, -0.2) is 18.5 Å². The number of carbonyl (C=O) groups is 2. The van der Waals surface area contributed by atoms with Crippen molar-refractivity contribution in [3.63, 3.8) is 0 Å². The van der Waals surface area contributed by atoms with Gasteiger partial charge in [0.05, 0.1) is 5.92 Å². The number of rotatable bonds is 3. The van der Waals surface area contributed by atoms with Gasteiger partial charge in [-0.2, -0.15) is 0 Å². The monoisotopic (exact) mass is 159 g/mol. The first-order valence-corrected chi connectivity index (χ1v) is 3.42. The summed E-state index contributed by atoms with van der Waals surface area (Å²) in [6.07, 6.45) is 0.607. The zero-order valence-corrected chi connectivity index (χ0v) is 6.46. The van der Waals surface area contributed by atoms with Crippen LogP contribution in [0, 0.1) is 5.92 Å². The molecule has 0 saturated heterocycles. The van der Waals surface area contributed by atoms with Crippen molar-refractivity contribution >= 4 is 11.9 Å². The maximum absolute atomic E-state index is 10.9. The molecule has 0 radical (unpaired) electrons. The number of urea groups is 1. The number of amides is 3. The topological polar surface area (TPSA) is 98.2 Å². The van der Waals surface area contributed by atoms with Gasteiger partial charge in [0.2, 0.25) is 5.91 Å². The van der Waals surface area contributed by atoms with Crippen LogP contribution in [0.4, 0.5) is 4.79 Å². The fourth-order valence-corrected chi connectivity index (χ4v) is 0.683. The van der Waals surface area contributed by atoms with Gasteiger partial charge in [-0.25, -0.2) is 4.79 Å². The van der Waals surface area contributed by atoms with E-state index >= 15 is 0 Å². The van der Waals surface area contributed by atoms with Crippen LogP contribution >= 0.6 is 0 Å². The minimum atomic E-state index is -0.832. The van der Waals surface area contributed by atoms with E-state index in [0.717, 1.165) is 0 Å². The smallest absolute Gasteiger partial charge is 0.318 e. The number of carbonyl (C=O) groups excluding carboxylic acids is 2. The van der Waals surface area contributed by atoms with E-state index in [-0.39, 0.29) is 12.5 Å². The number of hydrogen-bond donors (Lipinski definition) is 3. The summed E-state index contributed by atoms with van der Waals surface area (Å²) < 4.78 is 0. The largest absolute Gasteiger partial charge is 0.351 e. The normalized spacial score (nSPS) is 12.2. The predicted octanol–water partition coefficient (Wildman–Crippen LogP) is -0.834. The molecule has 0 aromatic heterocycles. The third kappa shape index (κ3) is 3.57. The molecule has 0 rings (SSSR count). The Labute approximate surface area is 65.1 Å². The molecule has 0 fully saturated rings. The lowest BCUT2D eigenvalue weighted by Crippen LogP contribution is -2.41. The second kappa shape index (κ2) is 4.68. The summed E-state index contributed by atoms with van der Waals surface area (Å²) >= 11 is 0. The highest BCUT2D eigenvalue weighted by Gasteiger charge is 2.14. The minimum Gasteiger partial charge on any atom is -0.351 e. The molecule has 1 unspecified atom stereocenters. The molecular weight excluding hydrogens is 146 g/mol. The molecule has 0 heterocycles. The molecule has 0 aromatic carbocycles. The van der Waals surface area contributed by atoms with E-state index in [1.165, 1.54) is 0 Å². The molecule has 0 aliphatic heterocycles. The van der Waals surface area contributed by atoms with Gasteiger partial charge in [0.25, 0.3) is 0 Å². The molecule has 5 N–H and O–H groups in total. The number of nitrogens with two attached hydrogens (primary N) is 2. The van der Waals surface area contributed by atoms with Crippen molar-refractivity contribution in [3.8, 4) is 0 Å². The van der Waals surface area contributed by atoms with Crippen LogP contribution < -0.4 is 16.8 Å². The van der Waals surface area contributed by atoms with Crippen LogP contribution in [-0.2, 0) is 4.79 Å². The summed E-state index contributed by atoms with van der Waals surface area (Å²) in [5.74, 6) is -0.718. The fraction of sp³-hybridized carbons (Fsp3) is 0.667. The van der Waals surface area contributed by atoms with E-state index in [2.05, 4.69) is 0 Å². The molecule has 5 heteroatoms. The first kappa shape index (κ1) is 9.90. The average Bonchev–Trinajstić information content (AvgIpc) is 1.88. The molecule has 64 valence electrons. The second-order valence-electron chi connectivity index (χ2n) is 2.19. The van der Waals surface area contributed by atoms with Crippen LogP contribution in [0.5, 0.6) is 0 Å². The van der Waals surface area contributed by atoms with Crippen LogP contribution in [0.2, 0.25) is 0 Å². The summed E-state index contributed by atoms with van der Waals surface area (Å²) in [7, 11) is 0. The zero-order chi connectivity index (χ0) is 8.85. The van der Waals surface area contributed by atoms with Gasteiger partial charge in [-0.15, -0.1) is 0 Å². The summed E-state index contributed by atoms with van der Waals surface area (Å²) in [6.45, 7) is 2.05. The highest BCUT2D eigenvalue weighted by molar-refractivity contribution is 5.94. The molecule has 3 amide bonds. The molecule has 0 aliphatic rings. The third-order valence-corrected chi connectivity index (χ3v) is 1.39. The molecule has 5 nitrogen and oxygen atoms in total. The Morgan fingerprint density at radius 1 is 1.55 bits per heavy atom. The lowest BCUT2D eigenvalue weighted by molar-refractivity contribution is -0.123. The van der Waals surface area contributed by atoms with Crippen molar-refractivity contribution in [1.82, 2.24) is 5.32 Å². The van der Waals surface area contributed by atoms with E-state index in [0.29, 0.717) is 6.42 Å². The Balaban J connectivity index is 3.89. The molecule has 0 bridgehead atoms. The van der Waals surface area contributed by atoms with Gasteiger partial charge in [-0.1, -0.05) is 6.92 Å². The van der Waals surface area contributed by atoms with Crippen molar-refractivity contribution in [1.29, 1.82) is 0 Å². The van der Waals surface area contributed by atoms with Crippen LogP contribution in [0.15, 0.2) is 0 Å². The van der Waals surface area contributed by atoms with Gasteiger partial charge in [-0.05, 0) is 6.42 Å².